The topological polar surface area (TPSA) is 76.1 Å². The van der Waals surface area contributed by atoms with Gasteiger partial charge < -0.3 is 15.4 Å². The summed E-state index contributed by atoms with van der Waals surface area (Å²) in [5.74, 6) is 0.788. The molecule has 0 saturated heterocycles. The van der Waals surface area contributed by atoms with Crippen LogP contribution in [0.15, 0.2) is 24.3 Å². The van der Waals surface area contributed by atoms with Crippen molar-refractivity contribution in [3.8, 4) is 5.75 Å². The number of benzene rings is 1. The van der Waals surface area contributed by atoms with E-state index in [4.69, 9.17) is 16.3 Å². The predicted molar refractivity (Wildman–Crippen MR) is 102 cm³/mol. The minimum absolute atomic E-state index is 0.163. The van der Waals surface area contributed by atoms with Crippen molar-refractivity contribution in [3.05, 3.63) is 40.7 Å². The minimum Gasteiger partial charge on any atom is -0.495 e. The molecule has 0 spiro atoms. The van der Waals surface area contributed by atoms with Gasteiger partial charge in [0.05, 0.1) is 12.8 Å². The summed E-state index contributed by atoms with van der Waals surface area (Å²) in [4.78, 5) is 21.3. The fraction of sp³-hybridized carbons (Fsp3) is 0.421. The van der Waals surface area contributed by atoms with Crippen LogP contribution in [-0.2, 0) is 0 Å². The summed E-state index contributed by atoms with van der Waals surface area (Å²) in [5.41, 5.74) is 1.70. The summed E-state index contributed by atoms with van der Waals surface area (Å²) < 4.78 is 5.32. The van der Waals surface area contributed by atoms with Crippen molar-refractivity contribution in [1.82, 2.24) is 15.3 Å². The van der Waals surface area contributed by atoms with Gasteiger partial charge in [-0.1, -0.05) is 30.9 Å². The highest BCUT2D eigenvalue weighted by Crippen LogP contribution is 2.29. The number of nitrogens with one attached hydrogen (secondary N) is 2. The molecular formula is C19H23ClN4O2. The quantitative estimate of drug-likeness (QED) is 0.818. The summed E-state index contributed by atoms with van der Waals surface area (Å²) in [6, 6.07) is 7.16. The molecule has 1 amide bonds. The maximum absolute atomic E-state index is 12.6. The number of ether oxygens (including phenoxy) is 1. The first-order valence-corrected chi connectivity index (χ1v) is 9.20. The normalized spacial score (nSPS) is 14.7. The van der Waals surface area contributed by atoms with E-state index in [9.17, 15) is 4.79 Å². The van der Waals surface area contributed by atoms with E-state index in [2.05, 4.69) is 20.6 Å². The van der Waals surface area contributed by atoms with E-state index in [0.717, 1.165) is 25.7 Å². The van der Waals surface area contributed by atoms with Gasteiger partial charge in [0.2, 0.25) is 5.95 Å². The van der Waals surface area contributed by atoms with Crippen LogP contribution in [0.25, 0.3) is 0 Å². The van der Waals surface area contributed by atoms with Crippen LogP contribution in [0.4, 0.5) is 11.6 Å². The summed E-state index contributed by atoms with van der Waals surface area (Å²) in [6.45, 7) is 1.83. The van der Waals surface area contributed by atoms with Gasteiger partial charge in [0.25, 0.3) is 5.91 Å². The van der Waals surface area contributed by atoms with E-state index in [0.29, 0.717) is 33.8 Å². The number of methoxy groups -OCH3 is 1. The highest BCUT2D eigenvalue weighted by molar-refractivity contribution is 6.31. The summed E-state index contributed by atoms with van der Waals surface area (Å²) in [5, 5.41) is 6.74. The van der Waals surface area contributed by atoms with Crippen LogP contribution in [0, 0.1) is 6.92 Å². The Kier molecular flexibility index (Phi) is 5.93. The van der Waals surface area contributed by atoms with Crippen LogP contribution in [0.5, 0.6) is 5.75 Å². The molecule has 0 unspecified atom stereocenters. The third-order valence-electron chi connectivity index (χ3n) is 4.44. The number of anilines is 2. The number of carbonyl (C=O) groups excluding carboxylic acids is 1. The lowest BCUT2D eigenvalue weighted by atomic mass is 9.95. The van der Waals surface area contributed by atoms with Gasteiger partial charge in [-0.25, -0.2) is 9.97 Å². The Bertz CT molecular complexity index is 791. The van der Waals surface area contributed by atoms with Crippen molar-refractivity contribution in [2.75, 3.05) is 12.4 Å². The second-order valence-electron chi connectivity index (χ2n) is 6.50. The fourth-order valence-corrected chi connectivity index (χ4v) is 3.32. The van der Waals surface area contributed by atoms with Gasteiger partial charge in [-0.05, 0) is 44.0 Å². The summed E-state index contributed by atoms with van der Waals surface area (Å²) in [6.07, 6.45) is 5.63. The van der Waals surface area contributed by atoms with Crippen molar-refractivity contribution in [2.24, 2.45) is 0 Å². The minimum atomic E-state index is -0.163. The second-order valence-corrected chi connectivity index (χ2v) is 6.93. The molecule has 0 atom stereocenters. The molecule has 1 aliphatic rings. The Morgan fingerprint density at radius 3 is 2.69 bits per heavy atom. The Hall–Kier alpha value is -2.34. The van der Waals surface area contributed by atoms with Crippen molar-refractivity contribution in [2.45, 2.75) is 45.1 Å². The molecule has 7 heteroatoms. The molecule has 0 bridgehead atoms. The Morgan fingerprint density at radius 2 is 1.96 bits per heavy atom. The van der Waals surface area contributed by atoms with Crippen molar-refractivity contribution >= 4 is 29.1 Å². The maximum atomic E-state index is 12.6. The monoisotopic (exact) mass is 374 g/mol. The molecule has 0 aliphatic heterocycles. The van der Waals surface area contributed by atoms with E-state index < -0.39 is 0 Å². The molecular weight excluding hydrogens is 352 g/mol. The molecule has 1 saturated carbocycles. The lowest BCUT2D eigenvalue weighted by Gasteiger charge is -2.22. The van der Waals surface area contributed by atoms with Crippen LogP contribution in [-0.4, -0.2) is 29.0 Å². The zero-order valence-corrected chi connectivity index (χ0v) is 15.8. The average molecular weight is 375 g/mol. The van der Waals surface area contributed by atoms with Gasteiger partial charge in [0.1, 0.15) is 11.4 Å². The van der Waals surface area contributed by atoms with E-state index in [-0.39, 0.29) is 11.9 Å². The van der Waals surface area contributed by atoms with E-state index in [1.54, 1.807) is 31.4 Å². The number of halogens is 1. The molecule has 1 heterocycles. The number of rotatable bonds is 5. The predicted octanol–water partition coefficient (Wildman–Crippen LogP) is 4.25. The number of aromatic nitrogens is 2. The van der Waals surface area contributed by atoms with Crippen molar-refractivity contribution < 1.29 is 9.53 Å². The first kappa shape index (κ1) is 18.5. The largest absolute Gasteiger partial charge is 0.495 e. The van der Waals surface area contributed by atoms with Gasteiger partial charge in [-0.2, -0.15) is 0 Å². The van der Waals surface area contributed by atoms with Crippen molar-refractivity contribution in [1.29, 1.82) is 0 Å². The molecule has 1 aromatic carbocycles. The number of aryl methyl sites for hydroxylation is 1. The van der Waals surface area contributed by atoms with Gasteiger partial charge in [-0.15, -0.1) is 0 Å². The first-order chi connectivity index (χ1) is 12.5. The summed E-state index contributed by atoms with van der Waals surface area (Å²) >= 11 is 6.06. The average Bonchev–Trinajstić information content (AvgIpc) is 2.62. The Labute approximate surface area is 158 Å². The third kappa shape index (κ3) is 4.64. The molecule has 138 valence electrons. The Morgan fingerprint density at radius 1 is 1.19 bits per heavy atom. The zero-order chi connectivity index (χ0) is 18.5. The zero-order valence-electron chi connectivity index (χ0n) is 15.0. The molecule has 2 N–H and O–H groups in total. The molecule has 26 heavy (non-hydrogen) atoms. The third-order valence-corrected chi connectivity index (χ3v) is 4.67. The van der Waals surface area contributed by atoms with Crippen LogP contribution in [0.2, 0.25) is 5.02 Å². The summed E-state index contributed by atoms with van der Waals surface area (Å²) in [7, 11) is 1.58. The molecule has 3 rings (SSSR count). The number of nitrogens with zero attached hydrogens (tertiary/aromatic N) is 2. The highest BCUT2D eigenvalue weighted by Gasteiger charge is 2.18. The van der Waals surface area contributed by atoms with Gasteiger partial charge in [-0.3, -0.25) is 4.79 Å². The number of hydrogen-bond donors (Lipinski definition) is 2. The second kappa shape index (κ2) is 8.36. The van der Waals surface area contributed by atoms with Gasteiger partial charge >= 0.3 is 0 Å². The van der Waals surface area contributed by atoms with E-state index >= 15 is 0 Å². The standard InChI is InChI=1S/C19H23ClN4O2/c1-12-10-16(18(25)22-14-6-4-3-5-7-14)24-19(21-12)23-15-11-13(20)8-9-17(15)26-2/h8-11,14H,3-7H2,1-2H3,(H,22,25)(H,21,23,24). The van der Waals surface area contributed by atoms with E-state index in [1.165, 1.54) is 6.42 Å². The highest BCUT2D eigenvalue weighted by atomic mass is 35.5. The number of hydrogen-bond acceptors (Lipinski definition) is 5. The van der Waals surface area contributed by atoms with Crippen LogP contribution >= 0.6 is 11.6 Å². The van der Waals surface area contributed by atoms with E-state index in [1.807, 2.05) is 6.92 Å². The first-order valence-electron chi connectivity index (χ1n) is 8.82. The van der Waals surface area contributed by atoms with Crippen molar-refractivity contribution in [3.63, 3.8) is 0 Å². The van der Waals surface area contributed by atoms with Gasteiger partial charge in [0.15, 0.2) is 0 Å². The SMILES string of the molecule is COc1ccc(Cl)cc1Nc1nc(C)cc(C(=O)NC2CCCCC2)n1. The number of carbonyl (C=O) groups is 1. The van der Waals surface area contributed by atoms with Gasteiger partial charge in [0, 0.05) is 16.8 Å². The lowest BCUT2D eigenvalue weighted by Crippen LogP contribution is -2.36. The lowest BCUT2D eigenvalue weighted by molar-refractivity contribution is 0.0922. The van der Waals surface area contributed by atoms with Crippen LogP contribution < -0.4 is 15.4 Å². The molecule has 6 nitrogen and oxygen atoms in total. The smallest absolute Gasteiger partial charge is 0.270 e. The molecule has 1 aliphatic carbocycles. The fourth-order valence-electron chi connectivity index (χ4n) is 3.15. The van der Waals surface area contributed by atoms with Crippen LogP contribution in [0.1, 0.15) is 48.3 Å². The van der Waals surface area contributed by atoms with Crippen LogP contribution in [0.3, 0.4) is 0 Å². The maximum Gasteiger partial charge on any atom is 0.270 e. The number of amides is 1. The molecule has 1 fully saturated rings. The molecule has 2 aromatic rings. The Balaban J connectivity index is 1.79. The molecule has 1 aromatic heterocycles. The molecule has 0 radical (unpaired) electrons.